The second kappa shape index (κ2) is 9.61. The number of aliphatic hydroxyl groups is 2. The Hall–Kier alpha value is -2.72. The van der Waals surface area contributed by atoms with Crippen molar-refractivity contribution in [1.82, 2.24) is 14.4 Å². The molecule has 10 nitrogen and oxygen atoms in total. The van der Waals surface area contributed by atoms with Crippen LogP contribution < -0.4 is 5.56 Å². The number of aliphatic hydroxyl groups excluding tert-OH is 1. The van der Waals surface area contributed by atoms with Gasteiger partial charge in [-0.3, -0.25) is 19.2 Å². The van der Waals surface area contributed by atoms with Gasteiger partial charge < -0.3 is 29.7 Å². The Balaban J connectivity index is 0.000000858. The summed E-state index contributed by atoms with van der Waals surface area (Å²) in [5.74, 6) is -0.0833. The van der Waals surface area contributed by atoms with Crippen LogP contribution in [0.5, 0.6) is 0 Å². The average Bonchev–Trinajstić information content (AvgIpc) is 2.75. The van der Waals surface area contributed by atoms with Gasteiger partial charge in [0.05, 0.1) is 6.61 Å². The zero-order valence-electron chi connectivity index (χ0n) is 17.4. The lowest BCUT2D eigenvalue weighted by molar-refractivity contribution is -0.161. The molecule has 3 N–H and O–H groups in total. The molecule has 0 unspecified atom stereocenters. The summed E-state index contributed by atoms with van der Waals surface area (Å²) in [4.78, 5) is 48.9. The highest BCUT2D eigenvalue weighted by Crippen LogP contribution is 2.36. The second-order valence-corrected chi connectivity index (χ2v) is 8.40. The van der Waals surface area contributed by atoms with E-state index in [-0.39, 0.29) is 61.6 Å². The molecule has 4 rings (SSSR count). The molecule has 0 aromatic carbocycles. The van der Waals surface area contributed by atoms with E-state index in [0.29, 0.717) is 32.7 Å². The fraction of sp³-hybridized carbons (Fsp3) is 0.619. The maximum atomic E-state index is 13.2. The first-order valence-electron chi connectivity index (χ1n) is 10.5. The van der Waals surface area contributed by atoms with Gasteiger partial charge in [-0.2, -0.15) is 0 Å². The summed E-state index contributed by atoms with van der Waals surface area (Å²) in [5.41, 5.74) is -0.471. The normalized spacial score (nSPS) is 23.8. The topological polar surface area (TPSA) is 140 Å². The molecule has 2 bridgehead atoms. The molecule has 10 heteroatoms. The standard InChI is InChI=1S/C20H27N3O5.CH2O2/c24-9-4-17(25)21-7-5-20(28,6-8-21)19(27)22-11-14-10-15(13-22)16-2-1-3-18(26)23(16)12-14;2-1-3/h1-3,14-15,24,28H,4-13H2;1H,(H,2,3)/t14-,15+;/m0./s1. The lowest BCUT2D eigenvalue weighted by Gasteiger charge is -2.46. The largest absolute Gasteiger partial charge is 0.483 e. The van der Waals surface area contributed by atoms with Crippen LogP contribution in [0.15, 0.2) is 23.0 Å². The molecule has 31 heavy (non-hydrogen) atoms. The number of hydrogen-bond donors (Lipinski definition) is 3. The van der Waals surface area contributed by atoms with E-state index in [1.807, 2.05) is 10.6 Å². The highest BCUT2D eigenvalue weighted by Gasteiger charge is 2.45. The van der Waals surface area contributed by atoms with Crippen LogP contribution in [0, 0.1) is 5.92 Å². The van der Waals surface area contributed by atoms with E-state index in [1.54, 1.807) is 21.9 Å². The molecule has 170 valence electrons. The quantitative estimate of drug-likeness (QED) is 0.530. The minimum absolute atomic E-state index is 0.00511. The fourth-order valence-corrected chi connectivity index (χ4v) is 4.95. The molecule has 3 aliphatic heterocycles. The van der Waals surface area contributed by atoms with Crippen molar-refractivity contribution in [3.8, 4) is 0 Å². The third kappa shape index (κ3) is 4.80. The maximum Gasteiger partial charge on any atom is 0.290 e. The number of likely N-dealkylation sites (tertiary alicyclic amines) is 2. The van der Waals surface area contributed by atoms with E-state index in [9.17, 15) is 19.5 Å². The molecule has 1 aromatic rings. The van der Waals surface area contributed by atoms with E-state index < -0.39 is 5.60 Å². The monoisotopic (exact) mass is 435 g/mol. The van der Waals surface area contributed by atoms with Crippen molar-refractivity contribution in [3.63, 3.8) is 0 Å². The van der Waals surface area contributed by atoms with Crippen LogP contribution in [-0.4, -0.2) is 86.4 Å². The van der Waals surface area contributed by atoms with Gasteiger partial charge in [0.25, 0.3) is 17.9 Å². The van der Waals surface area contributed by atoms with Crippen molar-refractivity contribution in [2.45, 2.75) is 43.7 Å². The molecule has 3 aliphatic rings. The number of carbonyl (C=O) groups is 3. The van der Waals surface area contributed by atoms with Crippen molar-refractivity contribution >= 4 is 18.3 Å². The van der Waals surface area contributed by atoms with Crippen LogP contribution in [0.4, 0.5) is 0 Å². The van der Waals surface area contributed by atoms with Gasteiger partial charge in [0.2, 0.25) is 5.91 Å². The maximum absolute atomic E-state index is 13.2. The number of piperidine rings is 2. The lowest BCUT2D eigenvalue weighted by Crippen LogP contribution is -2.59. The molecule has 1 aromatic heterocycles. The van der Waals surface area contributed by atoms with Crippen LogP contribution in [0.1, 0.15) is 37.3 Å². The van der Waals surface area contributed by atoms with Gasteiger partial charge in [-0.1, -0.05) is 6.07 Å². The van der Waals surface area contributed by atoms with Gasteiger partial charge in [0.15, 0.2) is 0 Å². The number of aromatic nitrogens is 1. The van der Waals surface area contributed by atoms with E-state index in [0.717, 1.165) is 12.1 Å². The van der Waals surface area contributed by atoms with E-state index in [1.165, 1.54) is 0 Å². The predicted molar refractivity (Wildman–Crippen MR) is 109 cm³/mol. The molecule has 0 aliphatic carbocycles. The lowest BCUT2D eigenvalue weighted by atomic mass is 9.81. The molecule has 0 saturated carbocycles. The number of carbonyl (C=O) groups excluding carboxylic acids is 2. The van der Waals surface area contributed by atoms with Gasteiger partial charge in [-0.15, -0.1) is 0 Å². The third-order valence-electron chi connectivity index (χ3n) is 6.43. The van der Waals surface area contributed by atoms with E-state index in [2.05, 4.69) is 0 Å². The number of fused-ring (bicyclic) bond motifs is 4. The van der Waals surface area contributed by atoms with Gasteiger partial charge in [-0.25, -0.2) is 0 Å². The molecule has 2 atom stereocenters. The molecule has 0 spiro atoms. The Morgan fingerprint density at radius 2 is 1.81 bits per heavy atom. The van der Waals surface area contributed by atoms with Crippen LogP contribution >= 0.6 is 0 Å². The van der Waals surface area contributed by atoms with Crippen LogP contribution in [0.25, 0.3) is 0 Å². The molecular weight excluding hydrogens is 406 g/mol. The summed E-state index contributed by atoms with van der Waals surface area (Å²) in [5, 5.41) is 26.8. The highest BCUT2D eigenvalue weighted by molar-refractivity contribution is 5.86. The van der Waals surface area contributed by atoms with Gasteiger partial charge in [0, 0.05) is 69.7 Å². The number of carboxylic acid groups (broad SMARTS) is 1. The second-order valence-electron chi connectivity index (χ2n) is 8.40. The Kier molecular flexibility index (Phi) is 7.11. The molecule has 4 heterocycles. The minimum atomic E-state index is -1.45. The Morgan fingerprint density at radius 1 is 1.13 bits per heavy atom. The van der Waals surface area contributed by atoms with Crippen LogP contribution in [-0.2, 0) is 20.9 Å². The van der Waals surface area contributed by atoms with E-state index in [4.69, 9.17) is 15.0 Å². The van der Waals surface area contributed by atoms with Crippen LogP contribution in [0.3, 0.4) is 0 Å². The number of nitrogens with zero attached hydrogens (tertiary/aromatic N) is 3. The highest BCUT2D eigenvalue weighted by atomic mass is 16.3. The SMILES string of the molecule is O=C(CCO)N1CCC(O)(C(=O)N2C[C@@H]3C[C@H](C2)c2cccc(=O)n2C3)CC1.O=CO. The van der Waals surface area contributed by atoms with Crippen molar-refractivity contribution in [2.24, 2.45) is 5.92 Å². The van der Waals surface area contributed by atoms with Crippen molar-refractivity contribution in [1.29, 1.82) is 0 Å². The Morgan fingerprint density at radius 3 is 2.45 bits per heavy atom. The van der Waals surface area contributed by atoms with E-state index >= 15 is 0 Å². The Bertz CT molecular complexity index is 876. The predicted octanol–water partition coefficient (Wildman–Crippen LogP) is -0.769. The molecule has 2 saturated heterocycles. The summed E-state index contributed by atoms with van der Waals surface area (Å²) >= 11 is 0. The first-order chi connectivity index (χ1) is 14.8. The minimum Gasteiger partial charge on any atom is -0.483 e. The van der Waals surface area contributed by atoms with Gasteiger partial charge >= 0.3 is 0 Å². The summed E-state index contributed by atoms with van der Waals surface area (Å²) < 4.78 is 1.82. The first-order valence-corrected chi connectivity index (χ1v) is 10.5. The molecule has 2 amide bonds. The molecule has 2 fully saturated rings. The summed E-state index contributed by atoms with van der Waals surface area (Å²) in [6, 6.07) is 5.29. The zero-order valence-corrected chi connectivity index (χ0v) is 17.4. The van der Waals surface area contributed by atoms with Crippen LogP contribution in [0.2, 0.25) is 0 Å². The fourth-order valence-electron chi connectivity index (χ4n) is 4.95. The molecular formula is C21H29N3O7. The third-order valence-corrected chi connectivity index (χ3v) is 6.43. The first kappa shape index (κ1) is 23.0. The van der Waals surface area contributed by atoms with Crippen molar-refractivity contribution < 1.29 is 29.7 Å². The average molecular weight is 435 g/mol. The summed E-state index contributed by atoms with van der Waals surface area (Å²) in [6.07, 6.45) is 1.45. The summed E-state index contributed by atoms with van der Waals surface area (Å²) in [7, 11) is 0. The molecule has 0 radical (unpaired) electrons. The van der Waals surface area contributed by atoms with Crippen molar-refractivity contribution in [3.05, 3.63) is 34.2 Å². The number of amides is 2. The van der Waals surface area contributed by atoms with Gasteiger partial charge in [0.1, 0.15) is 5.60 Å². The zero-order chi connectivity index (χ0) is 22.6. The van der Waals surface area contributed by atoms with Crippen molar-refractivity contribution in [2.75, 3.05) is 32.8 Å². The Labute approximate surface area is 179 Å². The number of pyridine rings is 1. The number of hydrogen-bond acceptors (Lipinski definition) is 6. The summed E-state index contributed by atoms with van der Waals surface area (Å²) in [6.45, 7) is 1.86. The smallest absolute Gasteiger partial charge is 0.290 e. The number of rotatable bonds is 3. The van der Waals surface area contributed by atoms with Gasteiger partial charge in [-0.05, 0) is 18.4 Å².